The van der Waals surface area contributed by atoms with Gasteiger partial charge in [-0.05, 0) is 84.7 Å². The van der Waals surface area contributed by atoms with Crippen LogP contribution in [0.3, 0.4) is 0 Å². The van der Waals surface area contributed by atoms with Crippen molar-refractivity contribution < 1.29 is 33.3 Å². The zero-order valence-electron chi connectivity index (χ0n) is 32.1. The summed E-state index contributed by atoms with van der Waals surface area (Å²) in [6, 6.07) is 14.4. The molecular formula is C44H48N4O7. The van der Waals surface area contributed by atoms with Gasteiger partial charge in [0.2, 0.25) is 5.91 Å². The molecule has 1 saturated carbocycles. The SMILES string of the molecule is C=CC1CC(C2CC2)=CN1C(=O)c1cc(OC)c(OCCCOc2cc3c(cc2OC)C(=O)N2C=C(c4ccc(NC(=O)C(C)C)cc4)CC2C=N3)cc1C. The minimum Gasteiger partial charge on any atom is -0.493 e. The van der Waals surface area contributed by atoms with Gasteiger partial charge in [-0.25, -0.2) is 0 Å². The van der Waals surface area contributed by atoms with E-state index in [1.54, 1.807) is 48.4 Å². The van der Waals surface area contributed by atoms with Gasteiger partial charge in [-0.2, -0.15) is 0 Å². The van der Waals surface area contributed by atoms with Crippen LogP contribution < -0.4 is 24.3 Å². The molecule has 3 aliphatic heterocycles. The summed E-state index contributed by atoms with van der Waals surface area (Å²) in [5, 5.41) is 2.91. The number of carbonyl (C=O) groups excluding carboxylic acids is 3. The summed E-state index contributed by atoms with van der Waals surface area (Å²) in [7, 11) is 3.11. The lowest BCUT2D eigenvalue weighted by molar-refractivity contribution is -0.118. The third kappa shape index (κ3) is 7.87. The predicted octanol–water partition coefficient (Wildman–Crippen LogP) is 8.12. The molecule has 1 fully saturated rings. The van der Waals surface area contributed by atoms with Gasteiger partial charge in [-0.15, -0.1) is 6.58 Å². The third-order valence-corrected chi connectivity index (χ3v) is 10.5. The molecule has 11 heteroatoms. The second kappa shape index (κ2) is 15.9. The van der Waals surface area contributed by atoms with E-state index in [4.69, 9.17) is 23.9 Å². The standard InChI is InChI=1S/C44H48N4O7/c1-7-33-18-30(28-9-10-28)24-47(33)43(50)35-20-38(52-5)40(17-27(35)4)54-15-8-16-55-41-22-37-36(21-39(41)53-6)44(51)48-25-31(19-34(48)23-45-37)29-11-13-32(14-12-29)46-42(49)26(2)3/h7,11-14,17,20-26,28,33-34H,1,8-10,15-16,18-19H2,2-6H3,(H,46,49). The van der Waals surface area contributed by atoms with E-state index < -0.39 is 0 Å². The molecule has 0 saturated heterocycles. The second-order valence-corrected chi connectivity index (χ2v) is 14.7. The molecule has 3 aromatic rings. The zero-order chi connectivity index (χ0) is 38.8. The van der Waals surface area contributed by atoms with E-state index in [1.807, 2.05) is 69.6 Å². The highest BCUT2D eigenvalue weighted by Gasteiger charge is 2.36. The van der Waals surface area contributed by atoms with Crippen LogP contribution in [0.4, 0.5) is 11.4 Å². The minimum absolute atomic E-state index is 0.0384. The summed E-state index contributed by atoms with van der Waals surface area (Å²) in [5.41, 5.74) is 6.34. The highest BCUT2D eigenvalue weighted by Crippen LogP contribution is 2.43. The average molecular weight is 745 g/mol. The maximum absolute atomic E-state index is 13.8. The number of fused-ring (bicyclic) bond motifs is 2. The van der Waals surface area contributed by atoms with Gasteiger partial charge in [0.15, 0.2) is 23.0 Å². The van der Waals surface area contributed by atoms with Crippen LogP contribution >= 0.6 is 0 Å². The smallest absolute Gasteiger partial charge is 0.260 e. The van der Waals surface area contributed by atoms with Crippen molar-refractivity contribution in [1.29, 1.82) is 0 Å². The molecule has 11 nitrogen and oxygen atoms in total. The Bertz CT molecular complexity index is 2100. The molecule has 1 aliphatic carbocycles. The number of hydrogen-bond donors (Lipinski definition) is 1. The minimum atomic E-state index is -0.239. The maximum Gasteiger partial charge on any atom is 0.260 e. The number of benzene rings is 3. The lowest BCUT2D eigenvalue weighted by Gasteiger charge is -2.22. The van der Waals surface area contributed by atoms with E-state index in [0.29, 0.717) is 71.8 Å². The monoisotopic (exact) mass is 744 g/mol. The molecule has 0 aromatic heterocycles. The number of rotatable bonds is 14. The molecule has 0 bridgehead atoms. The Morgan fingerprint density at radius 1 is 0.945 bits per heavy atom. The third-order valence-electron chi connectivity index (χ3n) is 10.5. The first-order chi connectivity index (χ1) is 26.6. The van der Waals surface area contributed by atoms with Gasteiger partial charge in [0, 0.05) is 54.7 Å². The van der Waals surface area contributed by atoms with Gasteiger partial charge in [-0.1, -0.05) is 32.1 Å². The average Bonchev–Trinajstić information content (AvgIpc) is 3.83. The fourth-order valence-corrected chi connectivity index (χ4v) is 7.15. The highest BCUT2D eigenvalue weighted by atomic mass is 16.5. The quantitative estimate of drug-likeness (QED) is 0.131. The molecule has 286 valence electrons. The number of amides is 3. The number of aryl methyl sites for hydroxylation is 1. The van der Waals surface area contributed by atoms with Crippen molar-refractivity contribution in [2.45, 2.75) is 65.0 Å². The lowest BCUT2D eigenvalue weighted by Crippen LogP contribution is -2.32. The summed E-state index contributed by atoms with van der Waals surface area (Å²) in [6.45, 7) is 10.2. The summed E-state index contributed by atoms with van der Waals surface area (Å²) in [5.74, 6) is 2.14. The van der Waals surface area contributed by atoms with Crippen LogP contribution in [0.1, 0.15) is 77.8 Å². The Kier molecular flexibility index (Phi) is 10.8. The van der Waals surface area contributed by atoms with Crippen molar-refractivity contribution >= 4 is 40.9 Å². The fourth-order valence-electron chi connectivity index (χ4n) is 7.15. The Balaban J connectivity index is 0.965. The first kappa shape index (κ1) is 37.5. The van der Waals surface area contributed by atoms with Crippen molar-refractivity contribution in [2.24, 2.45) is 16.8 Å². The Morgan fingerprint density at radius 3 is 2.29 bits per heavy atom. The highest BCUT2D eigenvalue weighted by molar-refractivity contribution is 6.05. The van der Waals surface area contributed by atoms with E-state index >= 15 is 0 Å². The van der Waals surface area contributed by atoms with Crippen LogP contribution in [0.2, 0.25) is 0 Å². The number of methoxy groups -OCH3 is 2. The van der Waals surface area contributed by atoms with Crippen molar-refractivity contribution in [3.05, 3.63) is 101 Å². The van der Waals surface area contributed by atoms with Crippen LogP contribution in [0.25, 0.3) is 5.57 Å². The van der Waals surface area contributed by atoms with Gasteiger partial charge in [0.05, 0.1) is 50.8 Å². The van der Waals surface area contributed by atoms with E-state index in [1.165, 1.54) is 18.4 Å². The summed E-state index contributed by atoms with van der Waals surface area (Å²) < 4.78 is 23.5. The summed E-state index contributed by atoms with van der Waals surface area (Å²) >= 11 is 0. The first-order valence-electron chi connectivity index (χ1n) is 18.9. The Morgan fingerprint density at radius 2 is 1.64 bits per heavy atom. The second-order valence-electron chi connectivity index (χ2n) is 14.7. The number of carbonyl (C=O) groups is 3. The topological polar surface area (TPSA) is 119 Å². The van der Waals surface area contributed by atoms with Crippen LogP contribution in [-0.4, -0.2) is 73.3 Å². The molecule has 3 heterocycles. The van der Waals surface area contributed by atoms with Crippen molar-refractivity contribution in [2.75, 3.05) is 32.8 Å². The molecule has 0 spiro atoms. The molecule has 4 aliphatic rings. The molecule has 1 N–H and O–H groups in total. The number of nitrogens with zero attached hydrogens (tertiary/aromatic N) is 3. The molecular weight excluding hydrogens is 697 g/mol. The molecule has 3 aromatic carbocycles. The van der Waals surface area contributed by atoms with Gasteiger partial charge in [0.1, 0.15) is 0 Å². The largest absolute Gasteiger partial charge is 0.493 e. The van der Waals surface area contributed by atoms with Crippen molar-refractivity contribution in [3.8, 4) is 23.0 Å². The number of aliphatic imine (C=N–C) groups is 1. The van der Waals surface area contributed by atoms with Crippen molar-refractivity contribution in [1.82, 2.24) is 9.80 Å². The van der Waals surface area contributed by atoms with Crippen LogP contribution in [-0.2, 0) is 4.79 Å². The lowest BCUT2D eigenvalue weighted by atomic mass is 10.0. The Hall–Kier alpha value is -5.84. The normalized spacial score (nSPS) is 18.6. The molecule has 55 heavy (non-hydrogen) atoms. The number of anilines is 1. The van der Waals surface area contributed by atoms with Crippen LogP contribution in [0, 0.1) is 18.8 Å². The zero-order valence-corrected chi connectivity index (χ0v) is 32.1. The van der Waals surface area contributed by atoms with Crippen LogP contribution in [0.15, 0.2) is 84.2 Å². The van der Waals surface area contributed by atoms with Crippen LogP contribution in [0.5, 0.6) is 23.0 Å². The first-order valence-corrected chi connectivity index (χ1v) is 18.9. The summed E-state index contributed by atoms with van der Waals surface area (Å²) in [4.78, 5) is 47.8. The number of ether oxygens (including phenoxy) is 4. The molecule has 3 amide bonds. The molecule has 2 unspecified atom stereocenters. The van der Waals surface area contributed by atoms with E-state index in [-0.39, 0.29) is 35.7 Å². The van der Waals surface area contributed by atoms with Gasteiger partial charge < -0.3 is 34.1 Å². The van der Waals surface area contributed by atoms with Crippen molar-refractivity contribution in [3.63, 3.8) is 0 Å². The molecule has 7 rings (SSSR count). The van der Waals surface area contributed by atoms with Gasteiger partial charge in [-0.3, -0.25) is 19.4 Å². The maximum atomic E-state index is 13.8. The van der Waals surface area contributed by atoms with E-state index in [2.05, 4.69) is 11.9 Å². The van der Waals surface area contributed by atoms with E-state index in [0.717, 1.165) is 28.8 Å². The number of hydrogen-bond acceptors (Lipinski definition) is 8. The van der Waals surface area contributed by atoms with E-state index in [9.17, 15) is 14.4 Å². The molecule has 0 radical (unpaired) electrons. The Labute approximate surface area is 322 Å². The summed E-state index contributed by atoms with van der Waals surface area (Å²) in [6.07, 6.45) is 11.9. The number of nitrogens with one attached hydrogen (secondary N) is 1. The van der Waals surface area contributed by atoms with Gasteiger partial charge in [0.25, 0.3) is 11.8 Å². The molecule has 2 atom stereocenters. The van der Waals surface area contributed by atoms with Gasteiger partial charge >= 0.3 is 0 Å². The predicted molar refractivity (Wildman–Crippen MR) is 213 cm³/mol. The fraction of sp³-hybridized carbons (Fsp3) is 0.364.